The van der Waals surface area contributed by atoms with Crippen molar-refractivity contribution >= 4 is 22.8 Å². The van der Waals surface area contributed by atoms with Crippen molar-refractivity contribution in [2.45, 2.75) is 26.4 Å². The van der Waals surface area contributed by atoms with E-state index >= 15 is 0 Å². The van der Waals surface area contributed by atoms with Crippen molar-refractivity contribution in [3.05, 3.63) is 70.9 Å². The normalized spacial score (nSPS) is 12.1. The maximum Gasteiger partial charge on any atom is 0.330 e. The smallest absolute Gasteiger partial charge is 0.330 e. The summed E-state index contributed by atoms with van der Waals surface area (Å²) in [6.07, 6.45) is 1.75. The first-order chi connectivity index (χ1) is 13.4. The highest BCUT2D eigenvalue weighted by atomic mass is 16.5. The number of nitrogens with zero attached hydrogens (tertiary/aromatic N) is 1. The molecule has 1 heterocycles. The molecule has 28 heavy (non-hydrogen) atoms. The van der Waals surface area contributed by atoms with Crippen molar-refractivity contribution in [3.63, 3.8) is 0 Å². The molecule has 6 nitrogen and oxygen atoms in total. The lowest BCUT2D eigenvalue weighted by Crippen LogP contribution is -2.34. The lowest BCUT2D eigenvalue weighted by Gasteiger charge is -2.18. The van der Waals surface area contributed by atoms with Gasteiger partial charge in [-0.3, -0.25) is 4.79 Å². The third-order valence-electron chi connectivity index (χ3n) is 5.05. The summed E-state index contributed by atoms with van der Waals surface area (Å²) in [5.41, 5.74) is 3.78. The first-order valence-electron chi connectivity index (χ1n) is 9.10. The van der Waals surface area contributed by atoms with Gasteiger partial charge in [-0.2, -0.15) is 0 Å². The molecule has 0 aliphatic carbocycles. The Morgan fingerprint density at radius 1 is 1.14 bits per heavy atom. The standard InChI is InChI=1S/C22H24N2O4/c1-14-7-6-9-16(15(14)2)20(22(26)27)23-21(25)18-13-24(11-12-28-3)19-10-5-4-8-17(18)19/h4-10,13,20H,11-12H2,1-3H3,(H,23,25)(H,26,27). The van der Waals surface area contributed by atoms with Crippen LogP contribution in [0.1, 0.15) is 33.1 Å². The van der Waals surface area contributed by atoms with Gasteiger partial charge >= 0.3 is 5.97 Å². The highest BCUT2D eigenvalue weighted by Gasteiger charge is 2.26. The number of carboxylic acid groups (broad SMARTS) is 1. The lowest BCUT2D eigenvalue weighted by molar-refractivity contribution is -0.139. The van der Waals surface area contributed by atoms with Gasteiger partial charge in [0.2, 0.25) is 0 Å². The second kappa shape index (κ2) is 8.27. The minimum Gasteiger partial charge on any atom is -0.479 e. The number of aryl methyl sites for hydroxylation is 1. The van der Waals surface area contributed by atoms with Crippen LogP contribution in [-0.2, 0) is 16.1 Å². The number of carbonyl (C=O) groups is 2. The van der Waals surface area contributed by atoms with Crippen LogP contribution in [0.15, 0.2) is 48.7 Å². The molecule has 0 spiro atoms. The number of benzene rings is 2. The van der Waals surface area contributed by atoms with E-state index in [1.807, 2.05) is 48.7 Å². The Balaban J connectivity index is 1.97. The van der Waals surface area contributed by atoms with Gasteiger partial charge in [0.1, 0.15) is 0 Å². The largest absolute Gasteiger partial charge is 0.479 e. The fraction of sp³-hybridized carbons (Fsp3) is 0.273. The van der Waals surface area contributed by atoms with E-state index in [0.717, 1.165) is 22.0 Å². The summed E-state index contributed by atoms with van der Waals surface area (Å²) in [6.45, 7) is 4.90. The molecule has 3 rings (SSSR count). The molecule has 2 N–H and O–H groups in total. The number of rotatable bonds is 7. The van der Waals surface area contributed by atoms with Crippen molar-refractivity contribution < 1.29 is 19.4 Å². The number of hydrogen-bond acceptors (Lipinski definition) is 3. The molecule has 0 bridgehead atoms. The van der Waals surface area contributed by atoms with E-state index in [-0.39, 0.29) is 0 Å². The Kier molecular flexibility index (Phi) is 5.80. The minimum atomic E-state index is -1.12. The van der Waals surface area contributed by atoms with Crippen LogP contribution in [0.25, 0.3) is 10.9 Å². The quantitative estimate of drug-likeness (QED) is 0.658. The average molecular weight is 380 g/mol. The monoisotopic (exact) mass is 380 g/mol. The molecular weight excluding hydrogens is 356 g/mol. The van der Waals surface area contributed by atoms with Crippen molar-refractivity contribution in [1.82, 2.24) is 9.88 Å². The Morgan fingerprint density at radius 2 is 1.89 bits per heavy atom. The van der Waals surface area contributed by atoms with Gasteiger partial charge < -0.3 is 19.7 Å². The summed E-state index contributed by atoms with van der Waals surface area (Å²) < 4.78 is 7.09. The summed E-state index contributed by atoms with van der Waals surface area (Å²) in [5.74, 6) is -1.51. The molecule has 0 saturated carbocycles. The van der Waals surface area contributed by atoms with E-state index < -0.39 is 17.9 Å². The van der Waals surface area contributed by atoms with Crippen LogP contribution < -0.4 is 5.32 Å². The summed E-state index contributed by atoms with van der Waals surface area (Å²) in [4.78, 5) is 24.9. The number of ether oxygens (including phenoxy) is 1. The molecule has 0 saturated heterocycles. The second-order valence-electron chi connectivity index (χ2n) is 6.78. The topological polar surface area (TPSA) is 80.6 Å². The molecule has 1 atom stereocenters. The Bertz CT molecular complexity index is 1020. The molecule has 0 radical (unpaired) electrons. The van der Waals surface area contributed by atoms with E-state index in [2.05, 4.69) is 5.32 Å². The number of nitrogens with one attached hydrogen (secondary N) is 1. The SMILES string of the molecule is COCCn1cc(C(=O)NC(C(=O)O)c2cccc(C)c2C)c2ccccc21. The van der Waals surface area contributed by atoms with Crippen molar-refractivity contribution in [2.24, 2.45) is 0 Å². The second-order valence-corrected chi connectivity index (χ2v) is 6.78. The van der Waals surface area contributed by atoms with Gasteiger partial charge in [0.25, 0.3) is 5.91 Å². The summed E-state index contributed by atoms with van der Waals surface area (Å²) in [7, 11) is 1.63. The highest BCUT2D eigenvalue weighted by Crippen LogP contribution is 2.24. The van der Waals surface area contributed by atoms with Crippen LogP contribution in [-0.4, -0.2) is 35.3 Å². The molecule has 0 fully saturated rings. The zero-order valence-corrected chi connectivity index (χ0v) is 16.2. The first kappa shape index (κ1) is 19.6. The van der Waals surface area contributed by atoms with Gasteiger partial charge in [0.05, 0.1) is 12.2 Å². The summed E-state index contributed by atoms with van der Waals surface area (Å²) in [5, 5.41) is 13.2. The van der Waals surface area contributed by atoms with E-state index in [4.69, 9.17) is 4.74 Å². The third kappa shape index (κ3) is 3.77. The molecule has 0 aliphatic rings. The summed E-state index contributed by atoms with van der Waals surface area (Å²) in [6, 6.07) is 11.9. The lowest BCUT2D eigenvalue weighted by atomic mass is 9.97. The molecule has 1 aromatic heterocycles. The van der Waals surface area contributed by atoms with Crippen LogP contribution in [0, 0.1) is 13.8 Å². The minimum absolute atomic E-state index is 0.416. The number of amides is 1. The third-order valence-corrected chi connectivity index (χ3v) is 5.05. The molecule has 146 valence electrons. The van der Waals surface area contributed by atoms with Crippen LogP contribution in [0.4, 0.5) is 0 Å². The van der Waals surface area contributed by atoms with Crippen LogP contribution in [0.3, 0.4) is 0 Å². The summed E-state index contributed by atoms with van der Waals surface area (Å²) >= 11 is 0. The van der Waals surface area contributed by atoms with Crippen molar-refractivity contribution in [3.8, 4) is 0 Å². The number of methoxy groups -OCH3 is 1. The molecule has 2 aromatic carbocycles. The van der Waals surface area contributed by atoms with Crippen LogP contribution in [0.5, 0.6) is 0 Å². The molecule has 1 amide bonds. The van der Waals surface area contributed by atoms with Crippen molar-refractivity contribution in [2.75, 3.05) is 13.7 Å². The van der Waals surface area contributed by atoms with E-state index in [1.165, 1.54) is 0 Å². The van der Waals surface area contributed by atoms with E-state index in [9.17, 15) is 14.7 Å². The number of aromatic nitrogens is 1. The predicted octanol–water partition coefficient (Wildman–Crippen LogP) is 3.46. The molecule has 3 aromatic rings. The van der Waals surface area contributed by atoms with E-state index in [1.54, 1.807) is 25.4 Å². The molecule has 1 unspecified atom stereocenters. The number of carboxylic acids is 1. The van der Waals surface area contributed by atoms with Crippen molar-refractivity contribution in [1.29, 1.82) is 0 Å². The predicted molar refractivity (Wildman–Crippen MR) is 108 cm³/mol. The molecule has 0 aliphatic heterocycles. The van der Waals surface area contributed by atoms with Gasteiger partial charge in [-0.15, -0.1) is 0 Å². The maximum absolute atomic E-state index is 13.0. The number of hydrogen-bond donors (Lipinski definition) is 2. The fourth-order valence-electron chi connectivity index (χ4n) is 3.37. The maximum atomic E-state index is 13.0. The Hall–Kier alpha value is -3.12. The average Bonchev–Trinajstić information content (AvgIpc) is 3.05. The fourth-order valence-corrected chi connectivity index (χ4v) is 3.37. The number of carbonyl (C=O) groups excluding carboxylic acids is 1. The van der Waals surface area contributed by atoms with Gasteiger partial charge in [0, 0.05) is 30.8 Å². The highest BCUT2D eigenvalue weighted by molar-refractivity contribution is 6.08. The first-order valence-corrected chi connectivity index (χ1v) is 9.10. The van der Waals surface area contributed by atoms with Gasteiger partial charge in [-0.25, -0.2) is 4.79 Å². The zero-order chi connectivity index (χ0) is 20.3. The van der Waals surface area contributed by atoms with Crippen LogP contribution >= 0.6 is 0 Å². The number of aliphatic carboxylic acids is 1. The van der Waals surface area contributed by atoms with Gasteiger partial charge in [0.15, 0.2) is 6.04 Å². The van der Waals surface area contributed by atoms with E-state index in [0.29, 0.717) is 24.3 Å². The van der Waals surface area contributed by atoms with Gasteiger partial charge in [-0.1, -0.05) is 36.4 Å². The molecular formula is C22H24N2O4. The Morgan fingerprint density at radius 3 is 2.61 bits per heavy atom. The van der Waals surface area contributed by atoms with Crippen LogP contribution in [0.2, 0.25) is 0 Å². The number of para-hydroxylation sites is 1. The number of fused-ring (bicyclic) bond motifs is 1. The van der Waals surface area contributed by atoms with Gasteiger partial charge in [-0.05, 0) is 36.6 Å². The zero-order valence-electron chi connectivity index (χ0n) is 16.2. The Labute approximate surface area is 163 Å². The molecule has 6 heteroatoms.